The summed E-state index contributed by atoms with van der Waals surface area (Å²) >= 11 is 0. The SMILES string of the molecule is O=C(CNC(=O)c1cccc(F)c1)N/N=C/c1ccccc1. The van der Waals surface area contributed by atoms with E-state index in [0.29, 0.717) is 0 Å². The molecule has 0 heterocycles. The second kappa shape index (κ2) is 7.68. The molecule has 0 aromatic heterocycles. The first kappa shape index (κ1) is 15.4. The third-order valence-electron chi connectivity index (χ3n) is 2.70. The Bertz CT molecular complexity index is 687. The van der Waals surface area contributed by atoms with E-state index in [1.807, 2.05) is 30.3 Å². The Morgan fingerprint density at radius 1 is 1.09 bits per heavy atom. The van der Waals surface area contributed by atoms with Crippen molar-refractivity contribution in [2.45, 2.75) is 0 Å². The Morgan fingerprint density at radius 3 is 2.59 bits per heavy atom. The number of carbonyl (C=O) groups excluding carboxylic acids is 2. The molecule has 0 aliphatic rings. The van der Waals surface area contributed by atoms with Crippen LogP contribution in [0.5, 0.6) is 0 Å². The average molecular weight is 299 g/mol. The summed E-state index contributed by atoms with van der Waals surface area (Å²) in [5, 5.41) is 6.15. The standard InChI is InChI=1S/C16H14FN3O2/c17-14-8-4-7-13(9-14)16(22)18-11-15(21)20-19-10-12-5-2-1-3-6-12/h1-10H,11H2,(H,18,22)(H,20,21)/b19-10+. The average Bonchev–Trinajstić information content (AvgIpc) is 2.53. The monoisotopic (exact) mass is 299 g/mol. The number of nitrogens with zero attached hydrogens (tertiary/aromatic N) is 1. The van der Waals surface area contributed by atoms with Crippen LogP contribution >= 0.6 is 0 Å². The molecule has 0 aliphatic heterocycles. The lowest BCUT2D eigenvalue weighted by atomic mass is 10.2. The molecule has 112 valence electrons. The predicted octanol–water partition coefficient (Wildman–Crippen LogP) is 1.71. The number of rotatable bonds is 5. The van der Waals surface area contributed by atoms with Crippen molar-refractivity contribution < 1.29 is 14.0 Å². The quantitative estimate of drug-likeness (QED) is 0.652. The zero-order valence-electron chi connectivity index (χ0n) is 11.6. The van der Waals surface area contributed by atoms with Crippen molar-refractivity contribution in [3.63, 3.8) is 0 Å². The van der Waals surface area contributed by atoms with Gasteiger partial charge in [-0.15, -0.1) is 0 Å². The van der Waals surface area contributed by atoms with Crippen molar-refractivity contribution in [1.29, 1.82) is 0 Å². The van der Waals surface area contributed by atoms with Crippen LogP contribution in [0.4, 0.5) is 4.39 Å². The Balaban J connectivity index is 1.78. The summed E-state index contributed by atoms with van der Waals surface area (Å²) in [6, 6.07) is 14.5. The maximum atomic E-state index is 13.0. The van der Waals surface area contributed by atoms with Crippen molar-refractivity contribution in [3.05, 3.63) is 71.5 Å². The van der Waals surface area contributed by atoms with Gasteiger partial charge in [0.25, 0.3) is 11.8 Å². The number of nitrogens with one attached hydrogen (secondary N) is 2. The van der Waals surface area contributed by atoms with Gasteiger partial charge in [0.2, 0.25) is 0 Å². The van der Waals surface area contributed by atoms with Gasteiger partial charge in [-0.05, 0) is 23.8 Å². The molecule has 2 aromatic rings. The molecule has 2 amide bonds. The van der Waals surface area contributed by atoms with E-state index in [1.165, 1.54) is 24.4 Å². The minimum Gasteiger partial charge on any atom is -0.343 e. The highest BCUT2D eigenvalue weighted by molar-refractivity contribution is 5.96. The molecule has 6 heteroatoms. The van der Waals surface area contributed by atoms with Gasteiger partial charge in [-0.2, -0.15) is 5.10 Å². The molecule has 2 aromatic carbocycles. The molecule has 0 atom stereocenters. The molecule has 2 rings (SSSR count). The van der Waals surface area contributed by atoms with Crippen LogP contribution in [0.25, 0.3) is 0 Å². The topological polar surface area (TPSA) is 70.6 Å². The van der Waals surface area contributed by atoms with E-state index in [-0.39, 0.29) is 12.1 Å². The summed E-state index contributed by atoms with van der Waals surface area (Å²) in [5.41, 5.74) is 3.28. The van der Waals surface area contributed by atoms with Gasteiger partial charge in [-0.3, -0.25) is 9.59 Å². The Labute approximate surface area is 126 Å². The predicted molar refractivity (Wildman–Crippen MR) is 80.9 cm³/mol. The van der Waals surface area contributed by atoms with Crippen molar-refractivity contribution >= 4 is 18.0 Å². The van der Waals surface area contributed by atoms with Crippen molar-refractivity contribution in [2.24, 2.45) is 5.10 Å². The molecule has 5 nitrogen and oxygen atoms in total. The van der Waals surface area contributed by atoms with Gasteiger partial charge in [0, 0.05) is 5.56 Å². The van der Waals surface area contributed by atoms with Gasteiger partial charge in [-0.1, -0.05) is 36.4 Å². The van der Waals surface area contributed by atoms with E-state index < -0.39 is 17.6 Å². The van der Waals surface area contributed by atoms with Crippen molar-refractivity contribution in [3.8, 4) is 0 Å². The molecule has 0 unspecified atom stereocenters. The number of benzene rings is 2. The second-order valence-electron chi connectivity index (χ2n) is 4.40. The summed E-state index contributed by atoms with van der Waals surface area (Å²) in [5.74, 6) is -1.51. The molecule has 0 bridgehead atoms. The normalized spacial score (nSPS) is 10.4. The molecule has 0 spiro atoms. The minimum atomic E-state index is -0.526. The first-order chi connectivity index (χ1) is 10.6. The van der Waals surface area contributed by atoms with E-state index in [2.05, 4.69) is 15.8 Å². The van der Waals surface area contributed by atoms with Crippen LogP contribution in [0.3, 0.4) is 0 Å². The maximum Gasteiger partial charge on any atom is 0.259 e. The Morgan fingerprint density at radius 2 is 1.86 bits per heavy atom. The second-order valence-corrected chi connectivity index (χ2v) is 4.40. The molecule has 0 saturated carbocycles. The third kappa shape index (κ3) is 4.82. The number of carbonyl (C=O) groups is 2. The Hall–Kier alpha value is -3.02. The first-order valence-electron chi connectivity index (χ1n) is 6.56. The highest BCUT2D eigenvalue weighted by atomic mass is 19.1. The van der Waals surface area contributed by atoms with Crippen LogP contribution in [0, 0.1) is 5.82 Å². The number of hydrogen-bond donors (Lipinski definition) is 2. The molecule has 22 heavy (non-hydrogen) atoms. The lowest BCUT2D eigenvalue weighted by Gasteiger charge is -2.04. The van der Waals surface area contributed by atoms with Crippen molar-refractivity contribution in [1.82, 2.24) is 10.7 Å². The summed E-state index contributed by atoms with van der Waals surface area (Å²) in [6.45, 7) is -0.249. The zero-order valence-corrected chi connectivity index (χ0v) is 11.6. The lowest BCUT2D eigenvalue weighted by molar-refractivity contribution is -0.120. The molecule has 0 aliphatic carbocycles. The van der Waals surface area contributed by atoms with Gasteiger partial charge in [-0.25, -0.2) is 9.82 Å². The maximum absolute atomic E-state index is 13.0. The summed E-state index contributed by atoms with van der Waals surface area (Å²) in [4.78, 5) is 23.2. The molecule has 0 saturated heterocycles. The molecule has 0 radical (unpaired) electrons. The van der Waals surface area contributed by atoms with Crippen LogP contribution in [0.15, 0.2) is 59.7 Å². The number of amides is 2. The van der Waals surface area contributed by atoms with E-state index in [9.17, 15) is 14.0 Å². The van der Waals surface area contributed by atoms with Crippen molar-refractivity contribution in [2.75, 3.05) is 6.54 Å². The van der Waals surface area contributed by atoms with E-state index in [0.717, 1.165) is 11.6 Å². The molecular weight excluding hydrogens is 285 g/mol. The number of hydrazone groups is 1. The fourth-order valence-corrected chi connectivity index (χ4v) is 1.65. The number of halogens is 1. The van der Waals surface area contributed by atoms with Gasteiger partial charge >= 0.3 is 0 Å². The molecule has 0 fully saturated rings. The summed E-state index contributed by atoms with van der Waals surface area (Å²) < 4.78 is 13.0. The summed E-state index contributed by atoms with van der Waals surface area (Å²) in [7, 11) is 0. The largest absolute Gasteiger partial charge is 0.343 e. The van der Waals surface area contributed by atoms with Gasteiger partial charge < -0.3 is 5.32 Å². The van der Waals surface area contributed by atoms with Crippen LogP contribution in [0.2, 0.25) is 0 Å². The zero-order chi connectivity index (χ0) is 15.8. The highest BCUT2D eigenvalue weighted by Gasteiger charge is 2.08. The van der Waals surface area contributed by atoms with Crippen LogP contribution < -0.4 is 10.7 Å². The Kier molecular flexibility index (Phi) is 5.37. The van der Waals surface area contributed by atoms with Gasteiger partial charge in [0.05, 0.1) is 12.8 Å². The fraction of sp³-hybridized carbons (Fsp3) is 0.0625. The van der Waals surface area contributed by atoms with E-state index >= 15 is 0 Å². The fourth-order valence-electron chi connectivity index (χ4n) is 1.65. The summed E-state index contributed by atoms with van der Waals surface area (Å²) in [6.07, 6.45) is 1.49. The third-order valence-corrected chi connectivity index (χ3v) is 2.70. The number of hydrogen-bond acceptors (Lipinski definition) is 3. The van der Waals surface area contributed by atoms with Gasteiger partial charge in [0.1, 0.15) is 5.82 Å². The molecule has 2 N–H and O–H groups in total. The van der Waals surface area contributed by atoms with E-state index in [4.69, 9.17) is 0 Å². The minimum absolute atomic E-state index is 0.153. The van der Waals surface area contributed by atoms with E-state index in [1.54, 1.807) is 0 Å². The molecular formula is C16H14FN3O2. The highest BCUT2D eigenvalue weighted by Crippen LogP contribution is 2.02. The van der Waals surface area contributed by atoms with Crippen LogP contribution in [-0.4, -0.2) is 24.6 Å². The van der Waals surface area contributed by atoms with Crippen LogP contribution in [-0.2, 0) is 4.79 Å². The first-order valence-corrected chi connectivity index (χ1v) is 6.56. The lowest BCUT2D eigenvalue weighted by Crippen LogP contribution is -2.34. The van der Waals surface area contributed by atoms with Gasteiger partial charge in [0.15, 0.2) is 0 Å². The van der Waals surface area contributed by atoms with Crippen LogP contribution in [0.1, 0.15) is 15.9 Å². The smallest absolute Gasteiger partial charge is 0.259 e.